The number of carboxylic acids is 1. The maximum Gasteiger partial charge on any atom is 0.306 e. The van der Waals surface area contributed by atoms with Crippen LogP contribution in [-0.2, 0) is 14.3 Å². The van der Waals surface area contributed by atoms with Crippen molar-refractivity contribution in [3.63, 3.8) is 0 Å². The molecule has 0 bridgehead atoms. The van der Waals surface area contributed by atoms with Crippen LogP contribution < -0.4 is 0 Å². The molecule has 1 aliphatic rings. The minimum absolute atomic E-state index is 0.0129. The third-order valence-electron chi connectivity index (χ3n) is 3.96. The minimum atomic E-state index is -0.904. The van der Waals surface area contributed by atoms with Gasteiger partial charge in [-0.3, -0.25) is 9.59 Å². The number of rotatable bonds is 9. The number of carbonyl (C=O) groups is 2. The van der Waals surface area contributed by atoms with Gasteiger partial charge in [0.15, 0.2) is 0 Å². The molecule has 1 rings (SSSR count). The number of aliphatic hydroxyl groups excluding tert-OH is 2. The fourth-order valence-electron chi connectivity index (χ4n) is 1.97. The highest BCUT2D eigenvalue weighted by atomic mass is 16.5. The van der Waals surface area contributed by atoms with Crippen molar-refractivity contribution in [2.75, 3.05) is 19.8 Å². The number of carbonyl (C=O) groups excluding carboxylic acids is 1. The number of aliphatic hydroxyl groups is 2. The largest absolute Gasteiger partial charge is 0.481 e. The molecule has 3 N–H and O–H groups in total. The van der Waals surface area contributed by atoms with E-state index in [0.717, 1.165) is 12.8 Å². The van der Waals surface area contributed by atoms with Crippen LogP contribution in [0.4, 0.5) is 0 Å². The van der Waals surface area contributed by atoms with E-state index in [2.05, 4.69) is 0 Å². The average Bonchev–Trinajstić information content (AvgIpc) is 3.10. The Morgan fingerprint density at radius 1 is 1.21 bits per heavy atom. The predicted octanol–water partition coefficient (Wildman–Crippen LogP) is 0.556. The van der Waals surface area contributed by atoms with Crippen LogP contribution in [0.1, 0.15) is 39.0 Å². The van der Waals surface area contributed by atoms with E-state index in [1.165, 1.54) is 0 Å². The Balaban J connectivity index is 2.42. The van der Waals surface area contributed by atoms with Crippen molar-refractivity contribution >= 4 is 11.9 Å². The number of aliphatic carboxylic acids is 1. The second-order valence-corrected chi connectivity index (χ2v) is 5.58. The SMILES string of the molecule is CCC(CO)(CO)COC(=O)CC1(CC(=O)O)CC1. The molecule has 0 aromatic heterocycles. The summed E-state index contributed by atoms with van der Waals surface area (Å²) in [6, 6.07) is 0. The van der Waals surface area contributed by atoms with E-state index in [4.69, 9.17) is 9.84 Å². The molecule has 0 saturated heterocycles. The Hall–Kier alpha value is -1.14. The summed E-state index contributed by atoms with van der Waals surface area (Å²) in [4.78, 5) is 22.4. The lowest BCUT2D eigenvalue weighted by Crippen LogP contribution is -2.35. The fourth-order valence-corrected chi connectivity index (χ4v) is 1.97. The van der Waals surface area contributed by atoms with Crippen molar-refractivity contribution in [3.8, 4) is 0 Å². The van der Waals surface area contributed by atoms with Crippen LogP contribution >= 0.6 is 0 Å². The summed E-state index contributed by atoms with van der Waals surface area (Å²) >= 11 is 0. The van der Waals surface area contributed by atoms with Crippen molar-refractivity contribution in [1.82, 2.24) is 0 Å². The van der Waals surface area contributed by atoms with Crippen LogP contribution in [0, 0.1) is 10.8 Å². The highest BCUT2D eigenvalue weighted by Crippen LogP contribution is 2.52. The summed E-state index contributed by atoms with van der Waals surface area (Å²) in [6.45, 7) is 1.24. The Labute approximate surface area is 112 Å². The van der Waals surface area contributed by atoms with E-state index in [9.17, 15) is 19.8 Å². The molecule has 0 aliphatic heterocycles. The van der Waals surface area contributed by atoms with Crippen molar-refractivity contribution in [2.24, 2.45) is 10.8 Å². The van der Waals surface area contributed by atoms with Crippen LogP contribution in [0.25, 0.3) is 0 Å². The Morgan fingerprint density at radius 2 is 1.79 bits per heavy atom. The van der Waals surface area contributed by atoms with Gasteiger partial charge in [-0.15, -0.1) is 0 Å². The lowest BCUT2D eigenvalue weighted by molar-refractivity contribution is -0.151. The van der Waals surface area contributed by atoms with Crippen LogP contribution in [-0.4, -0.2) is 47.1 Å². The Bertz CT molecular complexity index is 322. The summed E-state index contributed by atoms with van der Waals surface area (Å²) in [5.41, 5.74) is -1.24. The first-order valence-corrected chi connectivity index (χ1v) is 6.50. The molecule has 0 heterocycles. The third-order valence-corrected chi connectivity index (χ3v) is 3.96. The van der Waals surface area contributed by atoms with E-state index in [1.54, 1.807) is 6.92 Å². The molecule has 6 heteroatoms. The van der Waals surface area contributed by atoms with E-state index in [0.29, 0.717) is 6.42 Å². The van der Waals surface area contributed by atoms with Crippen LogP contribution in [0.15, 0.2) is 0 Å². The van der Waals surface area contributed by atoms with E-state index < -0.39 is 22.8 Å². The third kappa shape index (κ3) is 4.47. The maximum atomic E-state index is 11.7. The van der Waals surface area contributed by atoms with Crippen LogP contribution in [0.3, 0.4) is 0 Å². The quantitative estimate of drug-likeness (QED) is 0.531. The summed E-state index contributed by atoms with van der Waals surface area (Å²) < 4.78 is 5.09. The van der Waals surface area contributed by atoms with Crippen LogP contribution in [0.2, 0.25) is 0 Å². The zero-order valence-electron chi connectivity index (χ0n) is 11.2. The normalized spacial score (nSPS) is 17.0. The lowest BCUT2D eigenvalue weighted by Gasteiger charge is -2.27. The highest BCUT2D eigenvalue weighted by molar-refractivity contribution is 5.74. The van der Waals surface area contributed by atoms with E-state index in [1.807, 2.05) is 0 Å². The topological polar surface area (TPSA) is 104 Å². The second kappa shape index (κ2) is 6.34. The van der Waals surface area contributed by atoms with Gasteiger partial charge in [0.25, 0.3) is 0 Å². The van der Waals surface area contributed by atoms with Gasteiger partial charge in [-0.25, -0.2) is 0 Å². The molecule has 1 aliphatic carbocycles. The summed E-state index contributed by atoms with van der Waals surface area (Å²) in [5, 5.41) is 27.2. The fraction of sp³-hybridized carbons (Fsp3) is 0.846. The van der Waals surface area contributed by atoms with Crippen molar-refractivity contribution < 1.29 is 29.6 Å². The molecule has 0 atom stereocenters. The molecule has 0 aromatic rings. The molecule has 0 radical (unpaired) electrons. The predicted molar refractivity (Wildman–Crippen MR) is 66.4 cm³/mol. The zero-order valence-corrected chi connectivity index (χ0v) is 11.2. The van der Waals surface area contributed by atoms with E-state index in [-0.39, 0.29) is 32.7 Å². The Morgan fingerprint density at radius 3 is 2.16 bits per heavy atom. The van der Waals surface area contributed by atoms with Gasteiger partial charge in [-0.05, 0) is 24.7 Å². The number of esters is 1. The molecule has 0 spiro atoms. The van der Waals surface area contributed by atoms with Crippen molar-refractivity contribution in [3.05, 3.63) is 0 Å². The number of carboxylic acid groups (broad SMARTS) is 1. The molecule has 6 nitrogen and oxygen atoms in total. The van der Waals surface area contributed by atoms with Gasteiger partial charge in [-0.2, -0.15) is 0 Å². The molecular weight excluding hydrogens is 252 g/mol. The number of ether oxygens (including phenoxy) is 1. The van der Waals surface area contributed by atoms with Gasteiger partial charge in [-0.1, -0.05) is 6.92 Å². The lowest BCUT2D eigenvalue weighted by atomic mass is 9.88. The molecule has 1 saturated carbocycles. The first kappa shape index (κ1) is 15.9. The van der Waals surface area contributed by atoms with Gasteiger partial charge in [0.1, 0.15) is 6.61 Å². The van der Waals surface area contributed by atoms with Gasteiger partial charge >= 0.3 is 11.9 Å². The standard InChI is InChI=1S/C13H22O6/c1-2-12(7-14,8-15)9-19-11(18)6-13(3-4-13)5-10(16)17/h14-15H,2-9H2,1H3,(H,16,17). The molecule has 0 aromatic carbocycles. The first-order chi connectivity index (χ1) is 8.91. The van der Waals surface area contributed by atoms with E-state index >= 15 is 0 Å². The van der Waals surface area contributed by atoms with Crippen LogP contribution in [0.5, 0.6) is 0 Å². The molecule has 110 valence electrons. The van der Waals surface area contributed by atoms with Gasteiger partial charge in [0, 0.05) is 0 Å². The van der Waals surface area contributed by atoms with Gasteiger partial charge < -0.3 is 20.1 Å². The van der Waals surface area contributed by atoms with Gasteiger partial charge in [0.05, 0.1) is 31.5 Å². The van der Waals surface area contributed by atoms with Crippen molar-refractivity contribution in [2.45, 2.75) is 39.0 Å². The minimum Gasteiger partial charge on any atom is -0.481 e. The zero-order chi connectivity index (χ0) is 14.5. The van der Waals surface area contributed by atoms with Crippen molar-refractivity contribution in [1.29, 1.82) is 0 Å². The first-order valence-electron chi connectivity index (χ1n) is 6.50. The highest BCUT2D eigenvalue weighted by Gasteiger charge is 2.46. The smallest absolute Gasteiger partial charge is 0.306 e. The number of hydrogen-bond acceptors (Lipinski definition) is 5. The average molecular weight is 274 g/mol. The number of hydrogen-bond donors (Lipinski definition) is 3. The second-order valence-electron chi connectivity index (χ2n) is 5.58. The van der Waals surface area contributed by atoms with Gasteiger partial charge in [0.2, 0.25) is 0 Å². The molecule has 0 amide bonds. The summed E-state index contributed by atoms with van der Waals surface area (Å²) in [7, 11) is 0. The molecular formula is C13H22O6. The Kier molecular flexibility index (Phi) is 5.31. The summed E-state index contributed by atoms with van der Waals surface area (Å²) in [5.74, 6) is -1.36. The molecule has 0 unspecified atom stereocenters. The molecule has 1 fully saturated rings. The maximum absolute atomic E-state index is 11.7. The monoisotopic (exact) mass is 274 g/mol. The molecule has 19 heavy (non-hydrogen) atoms. The summed E-state index contributed by atoms with van der Waals surface area (Å²) in [6.07, 6.45) is 2.03.